The van der Waals surface area contributed by atoms with Gasteiger partial charge in [0.15, 0.2) is 0 Å². The molecule has 0 aromatic heterocycles. The van der Waals surface area contributed by atoms with Gasteiger partial charge in [-0.3, -0.25) is 0 Å². The van der Waals surface area contributed by atoms with E-state index < -0.39 is 0 Å². The molecule has 0 unspecified atom stereocenters. The second-order valence-electron chi connectivity index (χ2n) is 3.72. The Balaban J connectivity index is 2.32. The summed E-state index contributed by atoms with van der Waals surface area (Å²) in [6, 6.07) is 4.45. The van der Waals surface area contributed by atoms with Crippen LogP contribution in [-0.2, 0) is 10.3 Å². The van der Waals surface area contributed by atoms with E-state index in [4.69, 9.17) is 17.5 Å². The van der Waals surface area contributed by atoms with Crippen LogP contribution >= 0.6 is 11.6 Å². The predicted octanol–water partition coefficient (Wildman–Crippen LogP) is 2.40. The molecule has 2 nitrogen and oxygen atoms in total. The van der Waals surface area contributed by atoms with Gasteiger partial charge in [0, 0.05) is 10.4 Å². The van der Waals surface area contributed by atoms with Crippen LogP contribution in [0.3, 0.4) is 0 Å². The molecule has 1 aromatic rings. The Labute approximate surface area is 86.8 Å². The van der Waals surface area contributed by atoms with E-state index in [1.165, 1.54) is 12.1 Å². The fraction of sp³-hybridized carbons (Fsp3) is 0.400. The summed E-state index contributed by atoms with van der Waals surface area (Å²) in [5.74, 6) is 4.74. The fourth-order valence-electron chi connectivity index (χ4n) is 1.72. The van der Waals surface area contributed by atoms with Crippen molar-refractivity contribution in [2.45, 2.75) is 18.3 Å². The molecule has 0 saturated heterocycles. The lowest BCUT2D eigenvalue weighted by Crippen LogP contribution is -2.18. The lowest BCUT2D eigenvalue weighted by atomic mass is 9.97. The number of halogens is 2. The summed E-state index contributed by atoms with van der Waals surface area (Å²) in [6.45, 7) is 0.443. The third-order valence-corrected chi connectivity index (χ3v) is 3.03. The summed E-state index contributed by atoms with van der Waals surface area (Å²) >= 11 is 5.95. The molecule has 0 radical (unpaired) electrons. The Morgan fingerprint density at radius 2 is 2.21 bits per heavy atom. The van der Waals surface area contributed by atoms with Gasteiger partial charge in [-0.25, -0.2) is 10.3 Å². The Kier molecular flexibility index (Phi) is 2.47. The predicted molar refractivity (Wildman–Crippen MR) is 52.5 cm³/mol. The van der Waals surface area contributed by atoms with Crippen LogP contribution in [0, 0.1) is 5.82 Å². The van der Waals surface area contributed by atoms with Gasteiger partial charge in [0.25, 0.3) is 0 Å². The summed E-state index contributed by atoms with van der Waals surface area (Å²) in [5.41, 5.74) is 0.866. The van der Waals surface area contributed by atoms with Crippen LogP contribution in [0.25, 0.3) is 0 Å². The Morgan fingerprint density at radius 1 is 1.50 bits per heavy atom. The molecule has 76 valence electrons. The summed E-state index contributed by atoms with van der Waals surface area (Å²) < 4.78 is 12.8. The lowest BCUT2D eigenvalue weighted by Gasteiger charge is -2.15. The first kappa shape index (κ1) is 9.90. The Morgan fingerprint density at radius 3 is 2.71 bits per heavy atom. The van der Waals surface area contributed by atoms with Crippen molar-refractivity contribution >= 4 is 11.6 Å². The molecule has 2 N–H and O–H groups in total. The first-order valence-electron chi connectivity index (χ1n) is 4.45. The Bertz CT molecular complexity index is 352. The van der Waals surface area contributed by atoms with Crippen molar-refractivity contribution in [1.82, 2.24) is 0 Å². The van der Waals surface area contributed by atoms with E-state index in [1.54, 1.807) is 6.07 Å². The molecule has 0 heterocycles. The molecule has 0 spiro atoms. The standard InChI is InChI=1S/C10H11ClFNO/c11-9-5-7(12)1-2-8(9)10(3-4-10)6-14-13/h1-2,5H,3-4,6,13H2. The lowest BCUT2D eigenvalue weighted by molar-refractivity contribution is 0.116. The zero-order chi connectivity index (χ0) is 10.2. The second-order valence-corrected chi connectivity index (χ2v) is 4.12. The summed E-state index contributed by atoms with van der Waals surface area (Å²) in [5, 5.41) is 0.458. The number of nitrogens with two attached hydrogens (primary N) is 1. The highest BCUT2D eigenvalue weighted by molar-refractivity contribution is 6.31. The number of hydrogen-bond acceptors (Lipinski definition) is 2. The Hall–Kier alpha value is -0.640. The third-order valence-electron chi connectivity index (χ3n) is 2.72. The van der Waals surface area contributed by atoms with Crippen LogP contribution in [0.1, 0.15) is 18.4 Å². The summed E-state index contributed by atoms with van der Waals surface area (Å²) in [7, 11) is 0. The molecule has 1 saturated carbocycles. The maximum Gasteiger partial charge on any atom is 0.124 e. The van der Waals surface area contributed by atoms with E-state index in [0.717, 1.165) is 18.4 Å². The number of rotatable bonds is 3. The molecular weight excluding hydrogens is 205 g/mol. The molecule has 0 atom stereocenters. The van der Waals surface area contributed by atoms with E-state index in [9.17, 15) is 4.39 Å². The molecular formula is C10H11ClFNO. The highest BCUT2D eigenvalue weighted by Gasteiger charge is 2.45. The minimum atomic E-state index is -0.316. The van der Waals surface area contributed by atoms with Crippen molar-refractivity contribution in [1.29, 1.82) is 0 Å². The van der Waals surface area contributed by atoms with Crippen LogP contribution < -0.4 is 5.90 Å². The van der Waals surface area contributed by atoms with E-state index in [1.807, 2.05) is 0 Å². The molecule has 1 fully saturated rings. The first-order chi connectivity index (χ1) is 6.68. The SMILES string of the molecule is NOCC1(c2ccc(F)cc2Cl)CC1. The molecule has 1 aliphatic rings. The van der Waals surface area contributed by atoms with Crippen molar-refractivity contribution < 1.29 is 9.23 Å². The smallest absolute Gasteiger partial charge is 0.124 e. The van der Waals surface area contributed by atoms with Gasteiger partial charge in [-0.05, 0) is 30.5 Å². The van der Waals surface area contributed by atoms with E-state index in [0.29, 0.717) is 11.6 Å². The van der Waals surface area contributed by atoms with Crippen LogP contribution in [0.15, 0.2) is 18.2 Å². The van der Waals surface area contributed by atoms with Gasteiger partial charge in [0.2, 0.25) is 0 Å². The van der Waals surface area contributed by atoms with E-state index in [-0.39, 0.29) is 11.2 Å². The van der Waals surface area contributed by atoms with Crippen LogP contribution in [0.2, 0.25) is 5.02 Å². The monoisotopic (exact) mass is 215 g/mol. The second kappa shape index (κ2) is 3.50. The van der Waals surface area contributed by atoms with Gasteiger partial charge in [-0.2, -0.15) is 0 Å². The molecule has 1 aliphatic carbocycles. The maximum atomic E-state index is 12.8. The van der Waals surface area contributed by atoms with Gasteiger partial charge in [0.05, 0.1) is 6.61 Å². The topological polar surface area (TPSA) is 35.2 Å². The van der Waals surface area contributed by atoms with Gasteiger partial charge in [-0.1, -0.05) is 17.7 Å². The average molecular weight is 216 g/mol. The summed E-state index contributed by atoms with van der Waals surface area (Å²) in [6.07, 6.45) is 1.99. The van der Waals surface area contributed by atoms with Gasteiger partial charge >= 0.3 is 0 Å². The van der Waals surface area contributed by atoms with Crippen molar-refractivity contribution in [3.63, 3.8) is 0 Å². The molecule has 1 aromatic carbocycles. The highest BCUT2D eigenvalue weighted by Crippen LogP contribution is 2.50. The molecule has 2 rings (SSSR count). The van der Waals surface area contributed by atoms with Crippen molar-refractivity contribution in [2.75, 3.05) is 6.61 Å². The number of benzene rings is 1. The minimum absolute atomic E-state index is 0.0699. The third kappa shape index (κ3) is 1.63. The van der Waals surface area contributed by atoms with Crippen LogP contribution in [0.4, 0.5) is 4.39 Å². The molecule has 0 bridgehead atoms. The van der Waals surface area contributed by atoms with Crippen LogP contribution in [0.5, 0.6) is 0 Å². The average Bonchev–Trinajstić information content (AvgIpc) is 2.86. The van der Waals surface area contributed by atoms with Gasteiger partial charge in [-0.15, -0.1) is 0 Å². The van der Waals surface area contributed by atoms with Gasteiger partial charge < -0.3 is 4.84 Å². The number of hydrogen-bond donors (Lipinski definition) is 1. The molecule has 14 heavy (non-hydrogen) atoms. The largest absolute Gasteiger partial charge is 0.304 e. The van der Waals surface area contributed by atoms with Crippen LogP contribution in [-0.4, -0.2) is 6.61 Å². The van der Waals surface area contributed by atoms with Crippen molar-refractivity contribution in [3.05, 3.63) is 34.6 Å². The normalized spacial score (nSPS) is 18.2. The highest BCUT2D eigenvalue weighted by atomic mass is 35.5. The zero-order valence-corrected chi connectivity index (χ0v) is 8.35. The maximum absolute atomic E-state index is 12.8. The minimum Gasteiger partial charge on any atom is -0.304 e. The molecule has 0 amide bonds. The fourth-order valence-corrected chi connectivity index (χ4v) is 2.09. The van der Waals surface area contributed by atoms with Crippen molar-refractivity contribution in [2.24, 2.45) is 5.90 Å². The quantitative estimate of drug-likeness (QED) is 0.786. The zero-order valence-electron chi connectivity index (χ0n) is 7.59. The van der Waals surface area contributed by atoms with Crippen molar-refractivity contribution in [3.8, 4) is 0 Å². The van der Waals surface area contributed by atoms with E-state index >= 15 is 0 Å². The summed E-state index contributed by atoms with van der Waals surface area (Å²) in [4.78, 5) is 4.66. The van der Waals surface area contributed by atoms with E-state index in [2.05, 4.69) is 4.84 Å². The van der Waals surface area contributed by atoms with Gasteiger partial charge in [0.1, 0.15) is 5.82 Å². The first-order valence-corrected chi connectivity index (χ1v) is 4.83. The molecule has 4 heteroatoms. The molecule has 0 aliphatic heterocycles.